The molecular formula is C8H12F2O2. The highest BCUT2D eigenvalue weighted by Gasteiger charge is 2.52. The van der Waals surface area contributed by atoms with Gasteiger partial charge in [0.25, 0.3) is 6.43 Å². The van der Waals surface area contributed by atoms with Crippen molar-refractivity contribution in [3.63, 3.8) is 0 Å². The van der Waals surface area contributed by atoms with E-state index in [2.05, 4.69) is 0 Å². The zero-order chi connectivity index (χ0) is 8.77. The van der Waals surface area contributed by atoms with Crippen LogP contribution in [0.4, 0.5) is 8.78 Å². The molecule has 0 aromatic heterocycles. The molecule has 3 atom stereocenters. The molecule has 4 heteroatoms. The molecule has 0 aliphatic carbocycles. The van der Waals surface area contributed by atoms with Gasteiger partial charge in [0, 0.05) is 0 Å². The van der Waals surface area contributed by atoms with Gasteiger partial charge in [-0.1, -0.05) is 0 Å². The van der Waals surface area contributed by atoms with E-state index in [0.717, 1.165) is 6.42 Å². The van der Waals surface area contributed by atoms with E-state index in [9.17, 15) is 13.9 Å². The van der Waals surface area contributed by atoms with Crippen LogP contribution in [0.1, 0.15) is 25.7 Å². The maximum atomic E-state index is 12.4. The van der Waals surface area contributed by atoms with Gasteiger partial charge < -0.3 is 9.84 Å². The highest BCUT2D eigenvalue weighted by atomic mass is 19.3. The van der Waals surface area contributed by atoms with Crippen LogP contribution in [0.5, 0.6) is 0 Å². The van der Waals surface area contributed by atoms with Gasteiger partial charge in [-0.3, -0.25) is 0 Å². The van der Waals surface area contributed by atoms with Crippen LogP contribution < -0.4 is 0 Å². The Morgan fingerprint density at radius 2 is 2.08 bits per heavy atom. The van der Waals surface area contributed by atoms with Gasteiger partial charge >= 0.3 is 0 Å². The number of hydrogen-bond donors (Lipinski definition) is 1. The molecule has 2 aliphatic rings. The molecule has 1 N–H and O–H groups in total. The number of fused-ring (bicyclic) bond motifs is 2. The second-order valence-corrected chi connectivity index (χ2v) is 3.65. The second kappa shape index (κ2) is 2.64. The number of alkyl halides is 2. The lowest BCUT2D eigenvalue weighted by atomic mass is 9.90. The van der Waals surface area contributed by atoms with Crippen LogP contribution in [0, 0.1) is 0 Å². The van der Waals surface area contributed by atoms with Crippen molar-refractivity contribution in [2.75, 3.05) is 0 Å². The molecule has 2 aliphatic heterocycles. The second-order valence-electron chi connectivity index (χ2n) is 3.65. The van der Waals surface area contributed by atoms with Crippen LogP contribution in [0.3, 0.4) is 0 Å². The summed E-state index contributed by atoms with van der Waals surface area (Å²) in [5.41, 5.74) is -1.87. The van der Waals surface area contributed by atoms with Crippen LogP contribution in [0.25, 0.3) is 0 Å². The zero-order valence-corrected chi connectivity index (χ0v) is 6.67. The lowest BCUT2D eigenvalue weighted by molar-refractivity contribution is -0.202. The minimum atomic E-state index is -2.68. The van der Waals surface area contributed by atoms with Gasteiger partial charge in [-0.15, -0.1) is 0 Å². The van der Waals surface area contributed by atoms with E-state index >= 15 is 0 Å². The van der Waals surface area contributed by atoms with Gasteiger partial charge in [-0.05, 0) is 25.7 Å². The van der Waals surface area contributed by atoms with Crippen LogP contribution in [0.15, 0.2) is 0 Å². The van der Waals surface area contributed by atoms with Crippen LogP contribution in [-0.2, 0) is 4.74 Å². The smallest absolute Gasteiger partial charge is 0.269 e. The van der Waals surface area contributed by atoms with E-state index in [1.807, 2.05) is 0 Å². The Morgan fingerprint density at radius 1 is 1.33 bits per heavy atom. The highest BCUT2D eigenvalue weighted by molar-refractivity contribution is 4.98. The molecule has 0 amide bonds. The van der Waals surface area contributed by atoms with Gasteiger partial charge in [0.2, 0.25) is 0 Å². The zero-order valence-electron chi connectivity index (χ0n) is 6.67. The van der Waals surface area contributed by atoms with E-state index in [4.69, 9.17) is 4.74 Å². The Bertz CT molecular complexity index is 186. The van der Waals surface area contributed by atoms with E-state index in [1.54, 1.807) is 0 Å². The van der Waals surface area contributed by atoms with E-state index in [-0.39, 0.29) is 12.5 Å². The lowest BCUT2D eigenvalue weighted by Gasteiger charge is -2.36. The minimum absolute atomic E-state index is 0.119. The molecule has 0 radical (unpaired) electrons. The molecule has 0 spiro atoms. The Labute approximate surface area is 69.5 Å². The fraction of sp³-hybridized carbons (Fsp3) is 1.00. The van der Waals surface area contributed by atoms with Gasteiger partial charge in [-0.25, -0.2) is 8.78 Å². The molecule has 0 saturated carbocycles. The Balaban J connectivity index is 2.15. The minimum Gasteiger partial charge on any atom is -0.381 e. The summed E-state index contributed by atoms with van der Waals surface area (Å²) in [6, 6.07) is 0. The summed E-state index contributed by atoms with van der Waals surface area (Å²) >= 11 is 0. The Hall–Kier alpha value is -0.220. The van der Waals surface area contributed by atoms with Crippen LogP contribution in [-0.4, -0.2) is 29.3 Å². The molecule has 12 heavy (non-hydrogen) atoms. The van der Waals surface area contributed by atoms with Crippen molar-refractivity contribution in [3.8, 4) is 0 Å². The first-order chi connectivity index (χ1) is 5.63. The molecule has 0 aromatic carbocycles. The predicted molar refractivity (Wildman–Crippen MR) is 38.1 cm³/mol. The Kier molecular flexibility index (Phi) is 1.84. The summed E-state index contributed by atoms with van der Waals surface area (Å²) in [5, 5.41) is 9.56. The number of ether oxygens (including phenoxy) is 1. The van der Waals surface area contributed by atoms with Gasteiger partial charge in [-0.2, -0.15) is 0 Å². The molecule has 2 heterocycles. The van der Waals surface area contributed by atoms with Crippen LogP contribution in [0.2, 0.25) is 0 Å². The topological polar surface area (TPSA) is 29.5 Å². The quantitative estimate of drug-likeness (QED) is 0.656. The molecule has 2 bridgehead atoms. The first-order valence-corrected chi connectivity index (χ1v) is 4.29. The lowest BCUT2D eigenvalue weighted by Crippen LogP contribution is -2.51. The predicted octanol–water partition coefficient (Wildman–Crippen LogP) is 1.32. The summed E-state index contributed by atoms with van der Waals surface area (Å²) in [4.78, 5) is 0. The maximum absolute atomic E-state index is 12.4. The summed E-state index contributed by atoms with van der Waals surface area (Å²) < 4.78 is 30.1. The van der Waals surface area contributed by atoms with E-state index in [1.165, 1.54) is 0 Å². The van der Waals surface area contributed by atoms with Crippen molar-refractivity contribution in [2.45, 2.75) is 49.9 Å². The average molecular weight is 178 g/mol. The number of rotatable bonds is 1. The maximum Gasteiger partial charge on any atom is 0.269 e. The number of halogens is 2. The molecule has 2 saturated heterocycles. The molecular weight excluding hydrogens is 166 g/mol. The SMILES string of the molecule is OC1(C(F)F)CCC2CCC1O2. The third kappa shape index (κ3) is 1.05. The van der Waals surface area contributed by atoms with Crippen LogP contribution >= 0.6 is 0 Å². The number of aliphatic hydroxyl groups is 1. The summed E-state index contributed by atoms with van der Waals surface area (Å²) in [6.45, 7) is 0. The van der Waals surface area contributed by atoms with Gasteiger partial charge in [0.1, 0.15) is 0 Å². The van der Waals surface area contributed by atoms with Crippen molar-refractivity contribution in [1.82, 2.24) is 0 Å². The molecule has 70 valence electrons. The fourth-order valence-electron chi connectivity index (χ4n) is 2.09. The fourth-order valence-corrected chi connectivity index (χ4v) is 2.09. The van der Waals surface area contributed by atoms with Crippen molar-refractivity contribution in [2.24, 2.45) is 0 Å². The third-order valence-electron chi connectivity index (χ3n) is 2.91. The molecule has 2 fully saturated rings. The van der Waals surface area contributed by atoms with E-state index < -0.39 is 18.1 Å². The van der Waals surface area contributed by atoms with Gasteiger partial charge in [0.15, 0.2) is 5.60 Å². The molecule has 2 nitrogen and oxygen atoms in total. The third-order valence-corrected chi connectivity index (χ3v) is 2.91. The summed E-state index contributed by atoms with van der Waals surface area (Å²) in [5.74, 6) is 0. The van der Waals surface area contributed by atoms with Gasteiger partial charge in [0.05, 0.1) is 12.2 Å². The van der Waals surface area contributed by atoms with Crippen molar-refractivity contribution < 1.29 is 18.6 Å². The monoisotopic (exact) mass is 178 g/mol. The van der Waals surface area contributed by atoms with Crippen molar-refractivity contribution in [1.29, 1.82) is 0 Å². The summed E-state index contributed by atoms with van der Waals surface area (Å²) in [7, 11) is 0. The van der Waals surface area contributed by atoms with Crippen molar-refractivity contribution >= 4 is 0 Å². The highest BCUT2D eigenvalue weighted by Crippen LogP contribution is 2.41. The largest absolute Gasteiger partial charge is 0.381 e. The first kappa shape index (κ1) is 8.38. The number of hydrogen-bond acceptors (Lipinski definition) is 2. The Morgan fingerprint density at radius 3 is 2.75 bits per heavy atom. The molecule has 2 rings (SSSR count). The van der Waals surface area contributed by atoms with Crippen molar-refractivity contribution in [3.05, 3.63) is 0 Å². The summed E-state index contributed by atoms with van der Waals surface area (Å²) in [6.07, 6.45) is -1.05. The normalized spacial score (nSPS) is 47.0. The average Bonchev–Trinajstić information content (AvgIpc) is 2.43. The van der Waals surface area contributed by atoms with E-state index in [0.29, 0.717) is 12.8 Å². The molecule has 3 unspecified atom stereocenters. The molecule has 0 aromatic rings. The standard InChI is InChI=1S/C8H12F2O2/c9-7(10)8(11)4-3-5-1-2-6(8)12-5/h5-7,11H,1-4H2. The first-order valence-electron chi connectivity index (χ1n) is 4.29.